The molecule has 0 unspecified atom stereocenters. The van der Waals surface area contributed by atoms with E-state index in [1.807, 2.05) is 0 Å². The summed E-state index contributed by atoms with van der Waals surface area (Å²) in [4.78, 5) is 35.4. The first-order valence-electron chi connectivity index (χ1n) is 7.68. The Bertz CT molecular complexity index is 644. The molecule has 1 fully saturated rings. The number of aliphatic carboxylic acids is 1. The van der Waals surface area contributed by atoms with Crippen LogP contribution in [0, 0.1) is 10.1 Å². The van der Waals surface area contributed by atoms with Crippen LogP contribution in [-0.2, 0) is 14.3 Å². The summed E-state index contributed by atoms with van der Waals surface area (Å²) >= 11 is 0. The minimum atomic E-state index is -1.10. The molecule has 0 bridgehead atoms. The Morgan fingerprint density at radius 1 is 1.36 bits per heavy atom. The Balaban J connectivity index is 2.12. The summed E-state index contributed by atoms with van der Waals surface area (Å²) in [7, 11) is 0. The van der Waals surface area contributed by atoms with Crippen LogP contribution in [0.25, 0.3) is 0 Å². The lowest BCUT2D eigenvalue weighted by Crippen LogP contribution is -2.38. The second-order valence-electron chi connectivity index (χ2n) is 5.23. The van der Waals surface area contributed by atoms with Crippen LogP contribution in [0.3, 0.4) is 0 Å². The van der Waals surface area contributed by atoms with E-state index in [2.05, 4.69) is 5.32 Å². The van der Waals surface area contributed by atoms with E-state index >= 15 is 0 Å². The number of para-hydroxylation sites is 1. The van der Waals surface area contributed by atoms with Crippen molar-refractivity contribution in [1.82, 2.24) is 5.32 Å². The van der Waals surface area contributed by atoms with Gasteiger partial charge >= 0.3 is 5.97 Å². The summed E-state index contributed by atoms with van der Waals surface area (Å²) < 4.78 is 10.1. The number of carboxylic acid groups (broad SMARTS) is 1. The fourth-order valence-electron chi connectivity index (χ4n) is 2.47. The van der Waals surface area contributed by atoms with Crippen LogP contribution in [0.4, 0.5) is 11.4 Å². The minimum Gasteiger partial charge on any atom is -0.480 e. The largest absolute Gasteiger partial charge is 0.480 e. The molecule has 136 valence electrons. The first-order chi connectivity index (χ1) is 12.0. The summed E-state index contributed by atoms with van der Waals surface area (Å²) in [6.07, 6.45) is 0. The summed E-state index contributed by atoms with van der Waals surface area (Å²) in [5, 5.41) is 22.4. The molecule has 0 atom stereocenters. The Kier molecular flexibility index (Phi) is 6.66. The van der Waals surface area contributed by atoms with E-state index in [0.29, 0.717) is 26.3 Å². The molecule has 25 heavy (non-hydrogen) atoms. The fraction of sp³-hybridized carbons (Fsp3) is 0.467. The molecule has 1 saturated heterocycles. The standard InChI is InChI=1S/C15H19N3O7/c19-13(20)10-25-7-4-16-15(21)11-2-1-3-12(18(22)23)14(11)17-5-8-24-9-6-17/h1-3H,4-10H2,(H,16,21)(H,19,20). The normalized spacial score (nSPS) is 14.2. The van der Waals surface area contributed by atoms with Crippen LogP contribution in [-0.4, -0.2) is 68.0 Å². The van der Waals surface area contributed by atoms with E-state index in [9.17, 15) is 19.7 Å². The lowest BCUT2D eigenvalue weighted by Gasteiger charge is -2.29. The number of anilines is 1. The third kappa shape index (κ3) is 5.13. The molecule has 0 spiro atoms. The van der Waals surface area contributed by atoms with Gasteiger partial charge in [-0.2, -0.15) is 0 Å². The molecule has 1 heterocycles. The van der Waals surface area contributed by atoms with Crippen molar-refractivity contribution in [1.29, 1.82) is 0 Å². The van der Waals surface area contributed by atoms with E-state index in [0.717, 1.165) is 0 Å². The van der Waals surface area contributed by atoms with E-state index in [1.165, 1.54) is 18.2 Å². The molecule has 1 aliphatic heterocycles. The maximum atomic E-state index is 12.4. The lowest BCUT2D eigenvalue weighted by atomic mass is 10.1. The molecule has 0 radical (unpaired) electrons. The molecule has 0 aromatic heterocycles. The average molecular weight is 353 g/mol. The molecule has 10 heteroatoms. The number of carboxylic acids is 1. The van der Waals surface area contributed by atoms with Gasteiger partial charge in [0.25, 0.3) is 11.6 Å². The number of rotatable bonds is 8. The Morgan fingerprint density at radius 3 is 2.72 bits per heavy atom. The van der Waals surface area contributed by atoms with Gasteiger partial charge in [-0.05, 0) is 6.07 Å². The number of carbonyl (C=O) groups excluding carboxylic acids is 1. The second-order valence-corrected chi connectivity index (χ2v) is 5.23. The summed E-state index contributed by atoms with van der Waals surface area (Å²) in [5.74, 6) is -1.58. The zero-order valence-electron chi connectivity index (χ0n) is 13.5. The maximum absolute atomic E-state index is 12.4. The van der Waals surface area contributed by atoms with Crippen molar-refractivity contribution >= 4 is 23.3 Å². The van der Waals surface area contributed by atoms with Crippen LogP contribution in [0.1, 0.15) is 10.4 Å². The van der Waals surface area contributed by atoms with Crippen molar-refractivity contribution in [2.24, 2.45) is 0 Å². The SMILES string of the molecule is O=C(O)COCCNC(=O)c1cccc([N+](=O)[O-])c1N1CCOCC1. The Labute approximate surface area is 143 Å². The predicted octanol–water partition coefficient (Wildman–Crippen LogP) is 0.262. The molecule has 0 saturated carbocycles. The molecule has 2 rings (SSSR count). The number of nitrogens with one attached hydrogen (secondary N) is 1. The first-order valence-corrected chi connectivity index (χ1v) is 7.68. The number of nitro benzene ring substituents is 1. The number of ether oxygens (including phenoxy) is 2. The van der Waals surface area contributed by atoms with E-state index < -0.39 is 23.4 Å². The number of benzene rings is 1. The molecule has 1 aromatic rings. The fourth-order valence-corrected chi connectivity index (χ4v) is 2.47. The number of morpholine rings is 1. The van der Waals surface area contributed by atoms with Gasteiger partial charge in [-0.3, -0.25) is 14.9 Å². The zero-order valence-corrected chi connectivity index (χ0v) is 13.5. The predicted molar refractivity (Wildman–Crippen MR) is 86.9 cm³/mol. The number of carbonyl (C=O) groups is 2. The van der Waals surface area contributed by atoms with E-state index in [4.69, 9.17) is 14.6 Å². The van der Waals surface area contributed by atoms with Gasteiger partial charge in [-0.1, -0.05) is 6.07 Å². The van der Waals surface area contributed by atoms with Gasteiger partial charge in [-0.25, -0.2) is 4.79 Å². The van der Waals surface area contributed by atoms with Gasteiger partial charge in [0, 0.05) is 25.7 Å². The molecule has 1 amide bonds. The number of nitrogens with zero attached hydrogens (tertiary/aromatic N) is 2. The van der Waals surface area contributed by atoms with Gasteiger partial charge in [0.2, 0.25) is 0 Å². The molecule has 1 aromatic carbocycles. The second kappa shape index (κ2) is 8.94. The monoisotopic (exact) mass is 353 g/mol. The summed E-state index contributed by atoms with van der Waals surface area (Å²) in [6, 6.07) is 4.33. The van der Waals surface area contributed by atoms with Crippen molar-refractivity contribution in [2.45, 2.75) is 0 Å². The highest BCUT2D eigenvalue weighted by Crippen LogP contribution is 2.32. The first kappa shape index (κ1) is 18.6. The van der Waals surface area contributed by atoms with Crippen LogP contribution >= 0.6 is 0 Å². The molecule has 10 nitrogen and oxygen atoms in total. The van der Waals surface area contributed by atoms with Crippen molar-refractivity contribution in [3.63, 3.8) is 0 Å². The highest BCUT2D eigenvalue weighted by atomic mass is 16.6. The Morgan fingerprint density at radius 2 is 2.08 bits per heavy atom. The van der Waals surface area contributed by atoms with E-state index in [-0.39, 0.29) is 30.1 Å². The molecular weight excluding hydrogens is 334 g/mol. The third-order valence-corrected chi connectivity index (χ3v) is 3.54. The molecule has 1 aliphatic rings. The molecular formula is C15H19N3O7. The van der Waals surface area contributed by atoms with Gasteiger partial charge < -0.3 is 24.8 Å². The number of hydrogen-bond acceptors (Lipinski definition) is 7. The van der Waals surface area contributed by atoms with Crippen molar-refractivity contribution in [3.8, 4) is 0 Å². The maximum Gasteiger partial charge on any atom is 0.329 e. The van der Waals surface area contributed by atoms with Crippen LogP contribution in [0.15, 0.2) is 18.2 Å². The molecule has 2 N–H and O–H groups in total. The van der Waals surface area contributed by atoms with Gasteiger partial charge in [-0.15, -0.1) is 0 Å². The molecule has 0 aliphatic carbocycles. The van der Waals surface area contributed by atoms with Crippen molar-refractivity contribution in [2.75, 3.05) is 51.0 Å². The van der Waals surface area contributed by atoms with Crippen LogP contribution in [0.2, 0.25) is 0 Å². The Hall–Kier alpha value is -2.72. The number of nitro groups is 1. The average Bonchev–Trinajstić information content (AvgIpc) is 2.61. The smallest absolute Gasteiger partial charge is 0.329 e. The number of hydrogen-bond donors (Lipinski definition) is 2. The minimum absolute atomic E-state index is 0.0276. The summed E-state index contributed by atoms with van der Waals surface area (Å²) in [6.45, 7) is 1.43. The lowest BCUT2D eigenvalue weighted by molar-refractivity contribution is -0.384. The van der Waals surface area contributed by atoms with E-state index in [1.54, 1.807) is 4.90 Å². The highest BCUT2D eigenvalue weighted by Gasteiger charge is 2.27. The van der Waals surface area contributed by atoms with Crippen molar-refractivity contribution in [3.05, 3.63) is 33.9 Å². The van der Waals surface area contributed by atoms with Crippen molar-refractivity contribution < 1.29 is 29.1 Å². The number of amides is 1. The topological polar surface area (TPSA) is 131 Å². The summed E-state index contributed by atoms with van der Waals surface area (Å²) in [5.41, 5.74) is 0.311. The zero-order chi connectivity index (χ0) is 18.2. The van der Waals surface area contributed by atoms with Gasteiger partial charge in [0.15, 0.2) is 0 Å². The van der Waals surface area contributed by atoms with Crippen LogP contribution < -0.4 is 10.2 Å². The highest BCUT2D eigenvalue weighted by molar-refractivity contribution is 6.02. The van der Waals surface area contributed by atoms with Crippen LogP contribution in [0.5, 0.6) is 0 Å². The van der Waals surface area contributed by atoms with Gasteiger partial charge in [0.1, 0.15) is 12.3 Å². The third-order valence-electron chi connectivity index (χ3n) is 3.54. The quantitative estimate of drug-likeness (QED) is 0.386. The van der Waals surface area contributed by atoms with Gasteiger partial charge in [0.05, 0.1) is 30.3 Å².